The molecule has 1 heterocycles. The summed E-state index contributed by atoms with van der Waals surface area (Å²) in [4.78, 5) is 12.7. The molecule has 1 saturated heterocycles. The summed E-state index contributed by atoms with van der Waals surface area (Å²) in [7, 11) is 1.18. The number of hydrogen-bond donors (Lipinski definition) is 1. The fraction of sp³-hybridized carbons (Fsp3) is 0.350. The molecule has 1 fully saturated rings. The molecule has 0 radical (unpaired) electrons. The van der Waals surface area contributed by atoms with Gasteiger partial charge in [-0.05, 0) is 49.2 Å². The van der Waals surface area contributed by atoms with Gasteiger partial charge in [-0.2, -0.15) is 0 Å². The smallest absolute Gasteiger partial charge is 0.255 e. The minimum Gasteiger partial charge on any atom is -0.493 e. The number of nitrogens with one attached hydrogen (secondary N) is 1. The summed E-state index contributed by atoms with van der Waals surface area (Å²) in [6.45, 7) is 0.472. The molecular weight excluding hydrogens is 396 g/mol. The van der Waals surface area contributed by atoms with Crippen LogP contribution in [0.5, 0.6) is 17.2 Å². The predicted molar refractivity (Wildman–Crippen MR) is 111 cm³/mol. The van der Waals surface area contributed by atoms with Crippen molar-refractivity contribution in [1.82, 2.24) is 0 Å². The first kappa shape index (κ1) is 20.8. The topological polar surface area (TPSA) is 94.2 Å². The third-order valence-electron chi connectivity index (χ3n) is 4.69. The van der Waals surface area contributed by atoms with E-state index in [2.05, 4.69) is 5.32 Å². The van der Waals surface area contributed by atoms with Crippen molar-refractivity contribution in [3.8, 4) is 17.2 Å². The maximum atomic E-state index is 12.7. The predicted octanol–water partition coefficient (Wildman–Crippen LogP) is 2.89. The summed E-state index contributed by atoms with van der Waals surface area (Å²) in [5.74, 6) is 0.957. The standard InChI is InChI=1S/C20H24N2O6S/c1-26-17-12-14(13-18(27-2)19(17)28-3)20(23)21-15-6-8-16(9-7-15)22-10-4-5-11-29(22,24)25/h6-9,12-13H,4-5,10-11H2,1-3H3,(H,21,23). The molecule has 0 bridgehead atoms. The molecule has 156 valence electrons. The minimum atomic E-state index is -3.27. The molecule has 1 aliphatic heterocycles. The lowest BCUT2D eigenvalue weighted by Gasteiger charge is -2.28. The van der Waals surface area contributed by atoms with Gasteiger partial charge in [0.15, 0.2) is 11.5 Å². The molecule has 0 saturated carbocycles. The quantitative estimate of drug-likeness (QED) is 0.772. The van der Waals surface area contributed by atoms with Crippen molar-refractivity contribution in [2.24, 2.45) is 0 Å². The van der Waals surface area contributed by atoms with Gasteiger partial charge in [-0.1, -0.05) is 0 Å². The first-order valence-corrected chi connectivity index (χ1v) is 10.7. The normalized spacial score (nSPS) is 15.5. The van der Waals surface area contributed by atoms with Crippen LogP contribution in [0.15, 0.2) is 36.4 Å². The van der Waals surface area contributed by atoms with E-state index in [1.807, 2.05) is 0 Å². The lowest BCUT2D eigenvalue weighted by Crippen LogP contribution is -2.37. The third-order valence-corrected chi connectivity index (χ3v) is 6.56. The molecule has 3 rings (SSSR count). The molecule has 2 aromatic carbocycles. The van der Waals surface area contributed by atoms with Gasteiger partial charge in [0.05, 0.1) is 32.8 Å². The van der Waals surface area contributed by atoms with Crippen molar-refractivity contribution in [2.45, 2.75) is 12.8 Å². The Balaban J connectivity index is 1.79. The Kier molecular flexibility index (Phi) is 6.17. The second kappa shape index (κ2) is 8.60. The number of ether oxygens (including phenoxy) is 3. The zero-order valence-electron chi connectivity index (χ0n) is 16.6. The fourth-order valence-electron chi connectivity index (χ4n) is 3.21. The summed E-state index contributed by atoms with van der Waals surface area (Å²) >= 11 is 0. The molecule has 0 spiro atoms. The van der Waals surface area contributed by atoms with Crippen LogP contribution in [-0.4, -0.2) is 48.0 Å². The first-order valence-electron chi connectivity index (χ1n) is 9.11. The van der Waals surface area contributed by atoms with Crippen molar-refractivity contribution in [3.63, 3.8) is 0 Å². The molecular formula is C20H24N2O6S. The monoisotopic (exact) mass is 420 g/mol. The number of rotatable bonds is 6. The van der Waals surface area contributed by atoms with Crippen LogP contribution in [0, 0.1) is 0 Å². The Morgan fingerprint density at radius 1 is 0.966 bits per heavy atom. The summed E-state index contributed by atoms with van der Waals surface area (Å²) in [6.07, 6.45) is 1.51. The average Bonchev–Trinajstić information content (AvgIpc) is 2.73. The van der Waals surface area contributed by atoms with Gasteiger partial charge in [-0.25, -0.2) is 8.42 Å². The van der Waals surface area contributed by atoms with Crippen LogP contribution < -0.4 is 23.8 Å². The summed E-state index contributed by atoms with van der Waals surface area (Å²) in [5.41, 5.74) is 1.47. The van der Waals surface area contributed by atoms with Gasteiger partial charge < -0.3 is 19.5 Å². The highest BCUT2D eigenvalue weighted by Crippen LogP contribution is 2.38. The fourth-order valence-corrected chi connectivity index (χ4v) is 4.84. The number of methoxy groups -OCH3 is 3. The molecule has 8 nitrogen and oxygen atoms in total. The Bertz CT molecular complexity index is 964. The van der Waals surface area contributed by atoms with Crippen LogP contribution >= 0.6 is 0 Å². The molecule has 1 aliphatic rings. The maximum absolute atomic E-state index is 12.7. The molecule has 2 aromatic rings. The van der Waals surface area contributed by atoms with Crippen molar-refractivity contribution in [2.75, 3.05) is 43.2 Å². The number of hydrogen-bond acceptors (Lipinski definition) is 6. The molecule has 0 atom stereocenters. The Hall–Kier alpha value is -2.94. The Morgan fingerprint density at radius 2 is 1.59 bits per heavy atom. The van der Waals surface area contributed by atoms with Crippen LogP contribution in [0.1, 0.15) is 23.2 Å². The Labute approximate surface area is 170 Å². The van der Waals surface area contributed by atoms with Crippen molar-refractivity contribution in [3.05, 3.63) is 42.0 Å². The second-order valence-electron chi connectivity index (χ2n) is 6.51. The van der Waals surface area contributed by atoms with E-state index in [1.54, 1.807) is 36.4 Å². The molecule has 9 heteroatoms. The second-order valence-corrected chi connectivity index (χ2v) is 8.52. The lowest BCUT2D eigenvalue weighted by molar-refractivity contribution is 0.102. The van der Waals surface area contributed by atoms with E-state index in [4.69, 9.17) is 14.2 Å². The summed E-state index contributed by atoms with van der Waals surface area (Å²) in [5, 5.41) is 2.79. The zero-order valence-corrected chi connectivity index (χ0v) is 17.4. The van der Waals surface area contributed by atoms with Gasteiger partial charge in [0, 0.05) is 17.8 Å². The molecule has 0 aromatic heterocycles. The molecule has 0 unspecified atom stereocenters. The number of benzene rings is 2. The summed E-state index contributed by atoms with van der Waals surface area (Å²) in [6, 6.07) is 9.85. The lowest BCUT2D eigenvalue weighted by atomic mass is 10.1. The minimum absolute atomic E-state index is 0.159. The van der Waals surface area contributed by atoms with Gasteiger partial charge in [0.25, 0.3) is 5.91 Å². The highest BCUT2D eigenvalue weighted by atomic mass is 32.2. The molecule has 1 N–H and O–H groups in total. The zero-order chi connectivity index (χ0) is 21.0. The van der Waals surface area contributed by atoms with Crippen molar-refractivity contribution in [1.29, 1.82) is 0 Å². The SMILES string of the molecule is COc1cc(C(=O)Nc2ccc(N3CCCCS3(=O)=O)cc2)cc(OC)c1OC. The van der Waals surface area contributed by atoms with Crippen LogP contribution in [0.25, 0.3) is 0 Å². The van der Waals surface area contributed by atoms with E-state index in [-0.39, 0.29) is 11.7 Å². The highest BCUT2D eigenvalue weighted by Gasteiger charge is 2.26. The van der Waals surface area contributed by atoms with E-state index < -0.39 is 10.0 Å². The molecule has 29 heavy (non-hydrogen) atoms. The van der Waals surface area contributed by atoms with Crippen molar-refractivity contribution < 1.29 is 27.4 Å². The maximum Gasteiger partial charge on any atom is 0.255 e. The Morgan fingerprint density at radius 3 is 2.10 bits per heavy atom. The number of amides is 1. The van der Waals surface area contributed by atoms with Crippen LogP contribution in [0.3, 0.4) is 0 Å². The van der Waals surface area contributed by atoms with Gasteiger partial charge in [0.1, 0.15) is 0 Å². The third kappa shape index (κ3) is 4.40. The molecule has 0 aliphatic carbocycles. The van der Waals surface area contributed by atoms with Crippen LogP contribution in [0.2, 0.25) is 0 Å². The van der Waals surface area contributed by atoms with Crippen molar-refractivity contribution >= 4 is 27.3 Å². The van der Waals surface area contributed by atoms with E-state index in [9.17, 15) is 13.2 Å². The van der Waals surface area contributed by atoms with Gasteiger partial charge in [0.2, 0.25) is 15.8 Å². The van der Waals surface area contributed by atoms with Gasteiger partial charge in [-0.3, -0.25) is 9.10 Å². The first-order chi connectivity index (χ1) is 13.9. The average molecular weight is 420 g/mol. The number of nitrogens with zero attached hydrogens (tertiary/aromatic N) is 1. The summed E-state index contributed by atoms with van der Waals surface area (Å²) < 4.78 is 41.7. The van der Waals surface area contributed by atoms with Crippen LogP contribution in [0.4, 0.5) is 11.4 Å². The molecule has 1 amide bonds. The largest absolute Gasteiger partial charge is 0.493 e. The number of sulfonamides is 1. The number of anilines is 2. The van der Waals surface area contributed by atoms with E-state index in [1.165, 1.54) is 25.6 Å². The van der Waals surface area contributed by atoms with Gasteiger partial charge >= 0.3 is 0 Å². The van der Waals surface area contributed by atoms with Gasteiger partial charge in [-0.15, -0.1) is 0 Å². The number of carbonyl (C=O) groups is 1. The van der Waals surface area contributed by atoms with E-state index in [0.29, 0.717) is 47.2 Å². The van der Waals surface area contributed by atoms with E-state index in [0.717, 1.165) is 6.42 Å². The number of carbonyl (C=O) groups excluding carboxylic acids is 1. The van der Waals surface area contributed by atoms with Crippen LogP contribution in [-0.2, 0) is 10.0 Å². The highest BCUT2D eigenvalue weighted by molar-refractivity contribution is 7.92. The van der Waals surface area contributed by atoms with E-state index >= 15 is 0 Å².